The molecule has 4 rings (SSSR count). The number of fused-ring (bicyclic) bond motifs is 2. The number of nitrogens with one attached hydrogen (secondary N) is 1. The van der Waals surface area contributed by atoms with Crippen molar-refractivity contribution in [1.82, 2.24) is 4.57 Å². The molecule has 7 heteroatoms. The third kappa shape index (κ3) is 2.54. The average Bonchev–Trinajstić information content (AvgIpc) is 3.05. The van der Waals surface area contributed by atoms with Crippen molar-refractivity contribution in [3.63, 3.8) is 0 Å². The number of nitrogens with zero attached hydrogens (tertiary/aromatic N) is 1. The van der Waals surface area contributed by atoms with Crippen LogP contribution in [0.15, 0.2) is 53.6 Å². The van der Waals surface area contributed by atoms with Gasteiger partial charge in [-0.3, -0.25) is 4.79 Å². The van der Waals surface area contributed by atoms with E-state index >= 15 is 0 Å². The van der Waals surface area contributed by atoms with Gasteiger partial charge < -0.3 is 9.88 Å². The molecule has 3 aromatic rings. The Morgan fingerprint density at radius 2 is 1.92 bits per heavy atom. The number of hydrogen-bond donors (Lipinski definition) is 2. The molecule has 0 aliphatic carbocycles. The summed E-state index contributed by atoms with van der Waals surface area (Å²) in [6.45, 7) is 0. The molecule has 126 valence electrons. The number of carbonyl (C=O) groups excluding carboxylic acids is 1. The molecular formula is C18H15N3O3S. The Morgan fingerprint density at radius 1 is 1.16 bits per heavy atom. The highest BCUT2D eigenvalue weighted by Crippen LogP contribution is 2.35. The van der Waals surface area contributed by atoms with Crippen LogP contribution in [0.3, 0.4) is 0 Å². The maximum atomic E-state index is 12.4. The lowest BCUT2D eigenvalue weighted by molar-refractivity contribution is -0.110. The summed E-state index contributed by atoms with van der Waals surface area (Å²) in [7, 11) is -1.90. The van der Waals surface area contributed by atoms with Crippen LogP contribution in [0, 0.1) is 0 Å². The van der Waals surface area contributed by atoms with Crippen LogP contribution in [0.5, 0.6) is 0 Å². The van der Waals surface area contributed by atoms with Crippen molar-refractivity contribution in [2.75, 3.05) is 5.32 Å². The highest BCUT2D eigenvalue weighted by atomic mass is 32.2. The molecule has 25 heavy (non-hydrogen) atoms. The Balaban J connectivity index is 1.92. The summed E-state index contributed by atoms with van der Waals surface area (Å²) >= 11 is 0. The van der Waals surface area contributed by atoms with E-state index in [-0.39, 0.29) is 10.8 Å². The zero-order chi connectivity index (χ0) is 17.8. The van der Waals surface area contributed by atoms with Crippen molar-refractivity contribution < 1.29 is 13.2 Å². The summed E-state index contributed by atoms with van der Waals surface area (Å²) < 4.78 is 25.2. The Bertz CT molecular complexity index is 1170. The van der Waals surface area contributed by atoms with Crippen molar-refractivity contribution in [2.24, 2.45) is 12.2 Å². The second-order valence-corrected chi connectivity index (χ2v) is 7.54. The molecule has 1 aliphatic heterocycles. The number of amides is 1. The topological polar surface area (TPSA) is 94.2 Å². The molecule has 0 spiro atoms. The summed E-state index contributed by atoms with van der Waals surface area (Å²) in [6, 6.07) is 12.2. The third-order valence-electron chi connectivity index (χ3n) is 4.33. The van der Waals surface area contributed by atoms with Gasteiger partial charge in [-0.2, -0.15) is 0 Å². The number of nitrogens with two attached hydrogens (primary N) is 1. The number of hydrogen-bond acceptors (Lipinski definition) is 3. The second-order valence-electron chi connectivity index (χ2n) is 5.98. The van der Waals surface area contributed by atoms with Gasteiger partial charge in [-0.1, -0.05) is 18.2 Å². The van der Waals surface area contributed by atoms with E-state index in [0.29, 0.717) is 16.8 Å². The first-order chi connectivity index (χ1) is 11.8. The van der Waals surface area contributed by atoms with Crippen LogP contribution in [0.2, 0.25) is 0 Å². The zero-order valence-electron chi connectivity index (χ0n) is 13.4. The van der Waals surface area contributed by atoms with Gasteiger partial charge in [0.05, 0.1) is 4.90 Å². The van der Waals surface area contributed by atoms with Gasteiger partial charge in [-0.05, 0) is 30.3 Å². The highest BCUT2D eigenvalue weighted by molar-refractivity contribution is 7.89. The van der Waals surface area contributed by atoms with Gasteiger partial charge in [0.2, 0.25) is 10.0 Å². The van der Waals surface area contributed by atoms with Gasteiger partial charge in [0.1, 0.15) is 0 Å². The molecule has 2 aromatic carbocycles. The molecule has 0 bridgehead atoms. The molecular weight excluding hydrogens is 338 g/mol. The van der Waals surface area contributed by atoms with Crippen LogP contribution in [0.25, 0.3) is 22.6 Å². The number of aromatic nitrogens is 1. The SMILES string of the molecule is Cn1cc(/C=C2\C(=O)Nc3ccc(S(N)(=O)=O)cc32)c2ccccc21. The van der Waals surface area contributed by atoms with Crippen LogP contribution in [0.1, 0.15) is 11.1 Å². The Labute approximate surface area is 144 Å². The molecule has 1 aromatic heterocycles. The Morgan fingerprint density at radius 3 is 2.68 bits per heavy atom. The minimum absolute atomic E-state index is 0.0217. The number of rotatable bonds is 2. The van der Waals surface area contributed by atoms with E-state index in [1.807, 2.05) is 42.1 Å². The van der Waals surface area contributed by atoms with Gasteiger partial charge in [0.15, 0.2) is 0 Å². The molecule has 2 heterocycles. The second kappa shape index (κ2) is 5.30. The molecule has 0 atom stereocenters. The number of aryl methyl sites for hydroxylation is 1. The third-order valence-corrected chi connectivity index (χ3v) is 5.24. The summed E-state index contributed by atoms with van der Waals surface area (Å²) in [5, 5.41) is 8.97. The van der Waals surface area contributed by atoms with Crippen molar-refractivity contribution >= 4 is 44.2 Å². The van der Waals surface area contributed by atoms with Gasteiger partial charge in [0, 0.05) is 46.5 Å². The van der Waals surface area contributed by atoms with Crippen molar-refractivity contribution in [3.8, 4) is 0 Å². The summed E-state index contributed by atoms with van der Waals surface area (Å²) in [6.07, 6.45) is 3.71. The van der Waals surface area contributed by atoms with Gasteiger partial charge in [0.25, 0.3) is 5.91 Å². The Hall–Kier alpha value is -2.90. The largest absolute Gasteiger partial charge is 0.350 e. The first-order valence-corrected chi connectivity index (χ1v) is 9.13. The predicted octanol–water partition coefficient (Wildman–Crippen LogP) is 2.32. The van der Waals surface area contributed by atoms with E-state index in [1.165, 1.54) is 12.1 Å². The van der Waals surface area contributed by atoms with Crippen molar-refractivity contribution in [3.05, 3.63) is 59.8 Å². The molecule has 0 fully saturated rings. The number of anilines is 1. The first kappa shape index (κ1) is 15.6. The smallest absolute Gasteiger partial charge is 0.256 e. The molecule has 6 nitrogen and oxygen atoms in total. The number of primary sulfonamides is 1. The van der Waals surface area contributed by atoms with Gasteiger partial charge >= 0.3 is 0 Å². The van der Waals surface area contributed by atoms with E-state index in [9.17, 15) is 13.2 Å². The predicted molar refractivity (Wildman–Crippen MR) is 97.2 cm³/mol. The quantitative estimate of drug-likeness (QED) is 0.692. The average molecular weight is 353 g/mol. The van der Waals surface area contributed by atoms with Crippen LogP contribution in [-0.4, -0.2) is 18.9 Å². The number of carbonyl (C=O) groups is 1. The van der Waals surface area contributed by atoms with Crippen LogP contribution in [0.4, 0.5) is 5.69 Å². The van der Waals surface area contributed by atoms with Crippen molar-refractivity contribution in [2.45, 2.75) is 4.90 Å². The van der Waals surface area contributed by atoms with Gasteiger partial charge in [-0.15, -0.1) is 0 Å². The molecule has 0 unspecified atom stereocenters. The maximum Gasteiger partial charge on any atom is 0.256 e. The zero-order valence-corrected chi connectivity index (χ0v) is 14.2. The normalized spacial score (nSPS) is 15.6. The van der Waals surface area contributed by atoms with Gasteiger partial charge in [-0.25, -0.2) is 13.6 Å². The lowest BCUT2D eigenvalue weighted by Gasteiger charge is -2.02. The monoisotopic (exact) mass is 353 g/mol. The minimum atomic E-state index is -3.84. The van der Waals surface area contributed by atoms with E-state index in [1.54, 1.807) is 12.1 Å². The highest BCUT2D eigenvalue weighted by Gasteiger charge is 2.26. The maximum absolute atomic E-state index is 12.4. The lowest BCUT2D eigenvalue weighted by Crippen LogP contribution is -2.12. The van der Waals surface area contributed by atoms with E-state index in [0.717, 1.165) is 16.5 Å². The lowest BCUT2D eigenvalue weighted by atomic mass is 10.0. The fraction of sp³-hybridized carbons (Fsp3) is 0.0556. The number of benzene rings is 2. The van der Waals surface area contributed by atoms with Crippen LogP contribution < -0.4 is 10.5 Å². The molecule has 3 N–H and O–H groups in total. The van der Waals surface area contributed by atoms with Crippen LogP contribution in [-0.2, 0) is 21.9 Å². The number of para-hydroxylation sites is 1. The number of sulfonamides is 1. The standard InChI is InChI=1S/C18H15N3O3S/c1-21-10-11(13-4-2-3-5-17(13)21)8-15-14-9-12(25(19,23)24)6-7-16(14)20-18(15)22/h2-10H,1H3,(H,20,22)(H2,19,23,24)/b15-8-. The Kier molecular flexibility index (Phi) is 3.31. The fourth-order valence-electron chi connectivity index (χ4n) is 3.13. The first-order valence-electron chi connectivity index (χ1n) is 7.59. The van der Waals surface area contributed by atoms with E-state index < -0.39 is 10.0 Å². The van der Waals surface area contributed by atoms with Crippen LogP contribution >= 0.6 is 0 Å². The van der Waals surface area contributed by atoms with E-state index in [4.69, 9.17) is 5.14 Å². The minimum Gasteiger partial charge on any atom is -0.350 e. The summed E-state index contributed by atoms with van der Waals surface area (Å²) in [4.78, 5) is 12.4. The molecule has 0 saturated carbocycles. The van der Waals surface area contributed by atoms with E-state index in [2.05, 4.69) is 5.32 Å². The molecule has 0 radical (unpaired) electrons. The fourth-order valence-corrected chi connectivity index (χ4v) is 3.67. The van der Waals surface area contributed by atoms with Crippen molar-refractivity contribution in [1.29, 1.82) is 0 Å². The summed E-state index contributed by atoms with van der Waals surface area (Å²) in [5.41, 5.74) is 3.45. The molecule has 1 aliphatic rings. The molecule has 0 saturated heterocycles. The summed E-state index contributed by atoms with van der Waals surface area (Å²) in [5.74, 6) is -0.269. The molecule has 1 amide bonds.